The molecule has 0 aromatic heterocycles. The van der Waals surface area contributed by atoms with Crippen LogP contribution >= 0.6 is 0 Å². The zero-order valence-electron chi connectivity index (χ0n) is 10.5. The molecule has 2 rings (SSSR count). The van der Waals surface area contributed by atoms with Crippen molar-refractivity contribution < 1.29 is 0 Å². The Morgan fingerprint density at radius 1 is 1.06 bits per heavy atom. The summed E-state index contributed by atoms with van der Waals surface area (Å²) in [5.41, 5.74) is 2.71. The Kier molecular flexibility index (Phi) is 3.87. The van der Waals surface area contributed by atoms with Gasteiger partial charge in [-0.3, -0.25) is 0 Å². The normalized spacial score (nSPS) is 25.4. The molecule has 0 spiro atoms. The van der Waals surface area contributed by atoms with Crippen LogP contribution in [-0.2, 0) is 6.42 Å². The first-order valence-corrected chi connectivity index (χ1v) is 6.63. The van der Waals surface area contributed by atoms with Crippen LogP contribution in [0.2, 0.25) is 0 Å². The van der Waals surface area contributed by atoms with Gasteiger partial charge in [-0.15, -0.1) is 0 Å². The maximum Gasteiger partial charge on any atom is 0.0342 e. The molecule has 1 saturated carbocycles. The Labute approximate surface area is 99.3 Å². The van der Waals surface area contributed by atoms with Gasteiger partial charge in [0.1, 0.15) is 0 Å². The minimum atomic E-state index is 0.698. The Morgan fingerprint density at radius 3 is 2.25 bits per heavy atom. The van der Waals surface area contributed by atoms with Crippen molar-refractivity contribution in [1.82, 2.24) is 0 Å². The largest absolute Gasteiger partial charge is 0.382 e. The van der Waals surface area contributed by atoms with Crippen LogP contribution in [-0.4, -0.2) is 6.04 Å². The van der Waals surface area contributed by atoms with Gasteiger partial charge in [-0.1, -0.05) is 26.0 Å². The smallest absolute Gasteiger partial charge is 0.0342 e. The van der Waals surface area contributed by atoms with Crippen LogP contribution in [0.5, 0.6) is 0 Å². The third-order valence-electron chi connectivity index (χ3n) is 3.75. The van der Waals surface area contributed by atoms with Crippen molar-refractivity contribution in [3.8, 4) is 0 Å². The van der Waals surface area contributed by atoms with E-state index in [2.05, 4.69) is 43.4 Å². The minimum Gasteiger partial charge on any atom is -0.382 e. The van der Waals surface area contributed by atoms with Gasteiger partial charge in [-0.05, 0) is 55.7 Å². The Bertz CT molecular complexity index is 307. The highest BCUT2D eigenvalue weighted by Gasteiger charge is 2.17. The minimum absolute atomic E-state index is 0.698. The molecule has 1 aromatic rings. The average Bonchev–Trinajstić information content (AvgIpc) is 2.33. The highest BCUT2D eigenvalue weighted by atomic mass is 14.9. The first-order chi connectivity index (χ1) is 7.78. The van der Waals surface area contributed by atoms with Gasteiger partial charge in [0.15, 0.2) is 0 Å². The number of aryl methyl sites for hydroxylation is 1. The van der Waals surface area contributed by atoms with E-state index in [1.807, 2.05) is 0 Å². The third kappa shape index (κ3) is 3.01. The number of rotatable bonds is 3. The molecule has 1 aliphatic carbocycles. The molecule has 1 N–H and O–H groups in total. The van der Waals surface area contributed by atoms with E-state index in [0.29, 0.717) is 6.04 Å². The molecule has 1 aliphatic rings. The Hall–Kier alpha value is -0.980. The van der Waals surface area contributed by atoms with Gasteiger partial charge in [-0.25, -0.2) is 0 Å². The van der Waals surface area contributed by atoms with E-state index < -0.39 is 0 Å². The molecule has 16 heavy (non-hydrogen) atoms. The van der Waals surface area contributed by atoms with Gasteiger partial charge in [0.05, 0.1) is 0 Å². The van der Waals surface area contributed by atoms with Crippen LogP contribution in [0.25, 0.3) is 0 Å². The zero-order chi connectivity index (χ0) is 11.4. The lowest BCUT2D eigenvalue weighted by Gasteiger charge is -2.27. The van der Waals surface area contributed by atoms with E-state index in [-0.39, 0.29) is 0 Å². The van der Waals surface area contributed by atoms with Crippen LogP contribution in [0, 0.1) is 5.92 Å². The van der Waals surface area contributed by atoms with Gasteiger partial charge < -0.3 is 5.32 Å². The number of anilines is 1. The standard InChI is InChI=1S/C15H23N/c1-3-13-6-10-15(11-7-13)16-14-8-4-12(2)5-9-14/h6-7,10-12,14,16H,3-5,8-9H2,1-2H3. The molecule has 0 radical (unpaired) electrons. The molecule has 0 heterocycles. The molecule has 0 saturated heterocycles. The summed E-state index contributed by atoms with van der Waals surface area (Å²) < 4.78 is 0. The fraction of sp³-hybridized carbons (Fsp3) is 0.600. The van der Waals surface area contributed by atoms with Crippen LogP contribution < -0.4 is 5.32 Å². The molecule has 1 nitrogen and oxygen atoms in total. The second kappa shape index (κ2) is 5.38. The Morgan fingerprint density at radius 2 is 1.69 bits per heavy atom. The van der Waals surface area contributed by atoms with Crippen molar-refractivity contribution in [3.63, 3.8) is 0 Å². The molecule has 0 atom stereocenters. The van der Waals surface area contributed by atoms with Gasteiger partial charge in [0.2, 0.25) is 0 Å². The lowest BCUT2D eigenvalue weighted by atomic mass is 9.87. The number of benzene rings is 1. The van der Waals surface area contributed by atoms with Gasteiger partial charge >= 0.3 is 0 Å². The zero-order valence-corrected chi connectivity index (χ0v) is 10.5. The van der Waals surface area contributed by atoms with Crippen LogP contribution in [0.15, 0.2) is 24.3 Å². The van der Waals surface area contributed by atoms with E-state index in [0.717, 1.165) is 12.3 Å². The second-order valence-electron chi connectivity index (χ2n) is 5.15. The summed E-state index contributed by atoms with van der Waals surface area (Å²) in [5.74, 6) is 0.931. The molecule has 88 valence electrons. The van der Waals surface area contributed by atoms with Crippen LogP contribution in [0.1, 0.15) is 45.1 Å². The van der Waals surface area contributed by atoms with E-state index in [1.165, 1.54) is 36.9 Å². The van der Waals surface area contributed by atoms with Crippen molar-refractivity contribution in [3.05, 3.63) is 29.8 Å². The van der Waals surface area contributed by atoms with Gasteiger partial charge in [0.25, 0.3) is 0 Å². The molecular formula is C15H23N. The topological polar surface area (TPSA) is 12.0 Å². The molecule has 1 heteroatoms. The van der Waals surface area contributed by atoms with Crippen molar-refractivity contribution in [1.29, 1.82) is 0 Å². The summed E-state index contributed by atoms with van der Waals surface area (Å²) in [6.07, 6.45) is 6.55. The second-order valence-corrected chi connectivity index (χ2v) is 5.15. The lowest BCUT2D eigenvalue weighted by molar-refractivity contribution is 0.361. The predicted octanol–water partition coefficient (Wildman–Crippen LogP) is 4.24. The fourth-order valence-corrected chi connectivity index (χ4v) is 2.48. The summed E-state index contributed by atoms with van der Waals surface area (Å²) >= 11 is 0. The van der Waals surface area contributed by atoms with E-state index >= 15 is 0 Å². The molecule has 0 amide bonds. The predicted molar refractivity (Wildman–Crippen MR) is 70.9 cm³/mol. The summed E-state index contributed by atoms with van der Waals surface area (Å²) in [5, 5.41) is 3.65. The molecule has 1 aromatic carbocycles. The quantitative estimate of drug-likeness (QED) is 0.798. The molecule has 0 aliphatic heterocycles. The first kappa shape index (κ1) is 11.5. The van der Waals surface area contributed by atoms with Crippen molar-refractivity contribution in [2.75, 3.05) is 5.32 Å². The van der Waals surface area contributed by atoms with E-state index in [9.17, 15) is 0 Å². The monoisotopic (exact) mass is 217 g/mol. The molecule has 1 fully saturated rings. The highest BCUT2D eigenvalue weighted by molar-refractivity contribution is 5.45. The summed E-state index contributed by atoms with van der Waals surface area (Å²) in [6, 6.07) is 9.60. The van der Waals surface area contributed by atoms with Crippen molar-refractivity contribution in [2.45, 2.75) is 52.0 Å². The van der Waals surface area contributed by atoms with Gasteiger partial charge in [0, 0.05) is 11.7 Å². The molecule has 0 bridgehead atoms. The molecular weight excluding hydrogens is 194 g/mol. The highest BCUT2D eigenvalue weighted by Crippen LogP contribution is 2.26. The summed E-state index contributed by atoms with van der Waals surface area (Å²) in [6.45, 7) is 4.57. The van der Waals surface area contributed by atoms with Crippen molar-refractivity contribution >= 4 is 5.69 Å². The van der Waals surface area contributed by atoms with Crippen molar-refractivity contribution in [2.24, 2.45) is 5.92 Å². The Balaban J connectivity index is 1.88. The lowest BCUT2D eigenvalue weighted by Crippen LogP contribution is -2.25. The average molecular weight is 217 g/mol. The number of hydrogen-bond donors (Lipinski definition) is 1. The molecule has 0 unspecified atom stereocenters. The summed E-state index contributed by atoms with van der Waals surface area (Å²) in [7, 11) is 0. The number of nitrogens with one attached hydrogen (secondary N) is 1. The van der Waals surface area contributed by atoms with Crippen LogP contribution in [0.3, 0.4) is 0 Å². The number of hydrogen-bond acceptors (Lipinski definition) is 1. The van der Waals surface area contributed by atoms with Gasteiger partial charge in [-0.2, -0.15) is 0 Å². The maximum absolute atomic E-state index is 3.65. The van der Waals surface area contributed by atoms with E-state index in [4.69, 9.17) is 0 Å². The van der Waals surface area contributed by atoms with Crippen LogP contribution in [0.4, 0.5) is 5.69 Å². The first-order valence-electron chi connectivity index (χ1n) is 6.63. The van der Waals surface area contributed by atoms with E-state index in [1.54, 1.807) is 0 Å². The fourth-order valence-electron chi connectivity index (χ4n) is 2.48. The summed E-state index contributed by atoms with van der Waals surface area (Å²) in [4.78, 5) is 0. The SMILES string of the molecule is CCc1ccc(NC2CCC(C)CC2)cc1. The maximum atomic E-state index is 3.65. The third-order valence-corrected chi connectivity index (χ3v) is 3.75.